The van der Waals surface area contributed by atoms with Gasteiger partial charge in [0.2, 0.25) is 0 Å². The van der Waals surface area contributed by atoms with Crippen molar-refractivity contribution >= 4 is 0 Å². The molecule has 26 heavy (non-hydrogen) atoms. The maximum Gasteiger partial charge on any atom is 0.266 e. The molecule has 1 aliphatic carbocycles. The zero-order valence-corrected chi connectivity index (χ0v) is 14.8. The van der Waals surface area contributed by atoms with Gasteiger partial charge < -0.3 is 14.6 Å². The number of nitrogens with zero attached hydrogens (tertiary/aromatic N) is 2. The van der Waals surface area contributed by atoms with Crippen LogP contribution in [0.3, 0.4) is 0 Å². The fourth-order valence-corrected chi connectivity index (χ4v) is 3.69. The van der Waals surface area contributed by atoms with E-state index in [-0.39, 0.29) is 12.1 Å². The monoisotopic (exact) mass is 356 g/mol. The predicted octanol–water partition coefficient (Wildman–Crippen LogP) is 2.77. The lowest BCUT2D eigenvalue weighted by atomic mass is 9.85. The van der Waals surface area contributed by atoms with Crippen molar-refractivity contribution in [3.63, 3.8) is 0 Å². The molecule has 1 aromatic heterocycles. The molecule has 6 heteroatoms. The fraction of sp³-hybridized carbons (Fsp3) is 0.500. The van der Waals surface area contributed by atoms with Crippen molar-refractivity contribution in [3.8, 4) is 22.8 Å². The molecule has 0 bridgehead atoms. The van der Waals surface area contributed by atoms with Crippen molar-refractivity contribution < 1.29 is 14.6 Å². The Morgan fingerprint density at radius 3 is 2.58 bits per heavy atom. The third kappa shape index (κ3) is 3.60. The molecule has 1 N–H and O–H groups in total. The average Bonchev–Trinajstić information content (AvgIpc) is 2.89. The van der Waals surface area contributed by atoms with Gasteiger partial charge in [-0.3, -0.25) is 4.79 Å². The van der Waals surface area contributed by atoms with Crippen LogP contribution >= 0.6 is 0 Å². The van der Waals surface area contributed by atoms with Gasteiger partial charge in [-0.25, -0.2) is 4.68 Å². The van der Waals surface area contributed by atoms with Crippen LogP contribution in [0.15, 0.2) is 35.1 Å². The van der Waals surface area contributed by atoms with Gasteiger partial charge in [0.25, 0.3) is 5.56 Å². The van der Waals surface area contributed by atoms with Gasteiger partial charge in [-0.2, -0.15) is 5.10 Å². The Balaban J connectivity index is 1.63. The summed E-state index contributed by atoms with van der Waals surface area (Å²) in [6.07, 6.45) is 5.42. The molecule has 1 saturated carbocycles. The van der Waals surface area contributed by atoms with Crippen molar-refractivity contribution in [1.82, 2.24) is 9.78 Å². The van der Waals surface area contributed by atoms with E-state index in [1.807, 2.05) is 18.2 Å². The molecular weight excluding hydrogens is 332 g/mol. The van der Waals surface area contributed by atoms with Crippen molar-refractivity contribution in [2.75, 3.05) is 13.2 Å². The van der Waals surface area contributed by atoms with Crippen molar-refractivity contribution in [2.45, 2.75) is 50.7 Å². The second-order valence-electron chi connectivity index (χ2n) is 7.21. The number of benzene rings is 1. The maximum absolute atomic E-state index is 12.2. The normalized spacial score (nSPS) is 19.0. The minimum atomic E-state index is -0.835. The van der Waals surface area contributed by atoms with Crippen molar-refractivity contribution in [2.24, 2.45) is 0 Å². The summed E-state index contributed by atoms with van der Waals surface area (Å²) in [5.74, 6) is 1.43. The number of aromatic nitrogens is 2. The van der Waals surface area contributed by atoms with Crippen LogP contribution in [0.1, 0.15) is 38.5 Å². The summed E-state index contributed by atoms with van der Waals surface area (Å²) in [5, 5.41) is 15.3. The van der Waals surface area contributed by atoms with Crippen LogP contribution in [-0.4, -0.2) is 33.7 Å². The molecule has 1 aliphatic heterocycles. The Bertz CT molecular complexity index is 840. The number of aliphatic hydroxyl groups is 1. The van der Waals surface area contributed by atoms with E-state index in [0.717, 1.165) is 49.8 Å². The highest BCUT2D eigenvalue weighted by Crippen LogP contribution is 2.33. The van der Waals surface area contributed by atoms with E-state index < -0.39 is 5.60 Å². The van der Waals surface area contributed by atoms with Gasteiger partial charge in [-0.15, -0.1) is 0 Å². The summed E-state index contributed by atoms with van der Waals surface area (Å²) in [5.41, 5.74) is 0.513. The van der Waals surface area contributed by atoms with Crippen LogP contribution in [0.4, 0.5) is 0 Å². The van der Waals surface area contributed by atoms with Crippen LogP contribution in [0, 0.1) is 0 Å². The third-order valence-electron chi connectivity index (χ3n) is 5.14. The largest absolute Gasteiger partial charge is 0.490 e. The molecule has 1 fully saturated rings. The van der Waals surface area contributed by atoms with E-state index in [1.54, 1.807) is 6.07 Å². The van der Waals surface area contributed by atoms with Gasteiger partial charge in [-0.1, -0.05) is 19.3 Å². The van der Waals surface area contributed by atoms with Gasteiger partial charge in [0.1, 0.15) is 0 Å². The lowest BCUT2D eigenvalue weighted by Crippen LogP contribution is -2.40. The van der Waals surface area contributed by atoms with E-state index in [1.165, 1.54) is 10.7 Å². The van der Waals surface area contributed by atoms with Gasteiger partial charge >= 0.3 is 0 Å². The third-order valence-corrected chi connectivity index (χ3v) is 5.14. The average molecular weight is 356 g/mol. The molecule has 2 aliphatic rings. The summed E-state index contributed by atoms with van der Waals surface area (Å²) in [6.45, 7) is 1.51. The van der Waals surface area contributed by atoms with Crippen molar-refractivity contribution in [1.29, 1.82) is 0 Å². The Labute approximate surface area is 152 Å². The lowest BCUT2D eigenvalue weighted by molar-refractivity contribution is -0.0153. The SMILES string of the molecule is O=c1ccc(-c2ccc3c(c2)OCCCO3)nn1CC1(O)CCCCC1. The second-order valence-corrected chi connectivity index (χ2v) is 7.21. The topological polar surface area (TPSA) is 73.6 Å². The second kappa shape index (κ2) is 7.11. The smallest absolute Gasteiger partial charge is 0.266 e. The first-order valence-corrected chi connectivity index (χ1v) is 9.34. The Morgan fingerprint density at radius 2 is 1.77 bits per heavy atom. The molecule has 0 radical (unpaired) electrons. The molecule has 0 amide bonds. The zero-order valence-electron chi connectivity index (χ0n) is 14.8. The molecule has 138 valence electrons. The summed E-state index contributed by atoms with van der Waals surface area (Å²) in [4.78, 5) is 12.2. The van der Waals surface area contributed by atoms with Gasteiger partial charge in [0.15, 0.2) is 11.5 Å². The highest BCUT2D eigenvalue weighted by Gasteiger charge is 2.30. The molecule has 0 atom stereocenters. The number of ether oxygens (including phenoxy) is 2. The maximum atomic E-state index is 12.2. The van der Waals surface area contributed by atoms with Crippen LogP contribution < -0.4 is 15.0 Å². The highest BCUT2D eigenvalue weighted by atomic mass is 16.5. The number of hydrogen-bond donors (Lipinski definition) is 1. The standard InChI is InChI=1S/C20H24N2O4/c23-19-8-6-16(21-22(19)14-20(24)9-2-1-3-10-20)15-5-7-17-18(13-15)26-12-4-11-25-17/h5-8,13,24H,1-4,9-12,14H2. The van der Waals surface area contributed by atoms with Crippen LogP contribution in [0.2, 0.25) is 0 Å². The van der Waals surface area contributed by atoms with E-state index in [4.69, 9.17) is 9.47 Å². The number of rotatable bonds is 3. The lowest BCUT2D eigenvalue weighted by Gasteiger charge is -2.32. The molecule has 4 rings (SSSR count). The van der Waals surface area contributed by atoms with E-state index in [2.05, 4.69) is 5.10 Å². The minimum Gasteiger partial charge on any atom is -0.490 e. The molecular formula is C20H24N2O4. The molecule has 6 nitrogen and oxygen atoms in total. The number of hydrogen-bond acceptors (Lipinski definition) is 5. The predicted molar refractivity (Wildman–Crippen MR) is 97.6 cm³/mol. The summed E-state index contributed by atoms with van der Waals surface area (Å²) in [6, 6.07) is 8.91. The van der Waals surface area contributed by atoms with Crippen LogP contribution in [0.5, 0.6) is 11.5 Å². The van der Waals surface area contributed by atoms with Crippen LogP contribution in [0.25, 0.3) is 11.3 Å². The summed E-state index contributed by atoms with van der Waals surface area (Å²) in [7, 11) is 0. The Morgan fingerprint density at radius 1 is 1.00 bits per heavy atom. The summed E-state index contributed by atoms with van der Waals surface area (Å²) < 4.78 is 12.8. The molecule has 0 unspecified atom stereocenters. The van der Waals surface area contributed by atoms with Gasteiger partial charge in [0.05, 0.1) is 31.1 Å². The van der Waals surface area contributed by atoms with E-state index >= 15 is 0 Å². The molecule has 2 aromatic rings. The number of fused-ring (bicyclic) bond motifs is 1. The Kier molecular flexibility index (Phi) is 4.68. The first-order chi connectivity index (χ1) is 12.6. The highest BCUT2D eigenvalue weighted by molar-refractivity contribution is 5.63. The molecule has 0 spiro atoms. The minimum absolute atomic E-state index is 0.193. The summed E-state index contributed by atoms with van der Waals surface area (Å²) >= 11 is 0. The van der Waals surface area contributed by atoms with Gasteiger partial charge in [-0.05, 0) is 37.1 Å². The zero-order chi connectivity index (χ0) is 18.0. The Hall–Kier alpha value is -2.34. The van der Waals surface area contributed by atoms with Crippen molar-refractivity contribution in [3.05, 3.63) is 40.7 Å². The first kappa shape index (κ1) is 17.1. The van der Waals surface area contributed by atoms with Crippen LogP contribution in [-0.2, 0) is 6.54 Å². The molecule has 1 aromatic carbocycles. The van der Waals surface area contributed by atoms with Gasteiger partial charge in [0, 0.05) is 18.1 Å². The van der Waals surface area contributed by atoms with E-state index in [9.17, 15) is 9.90 Å². The molecule has 2 heterocycles. The quantitative estimate of drug-likeness (QED) is 0.915. The fourth-order valence-electron chi connectivity index (χ4n) is 3.69. The first-order valence-electron chi connectivity index (χ1n) is 9.34. The molecule has 0 saturated heterocycles. The van der Waals surface area contributed by atoms with E-state index in [0.29, 0.717) is 24.7 Å².